The molecular formula is C29H45N3O8S2. The largest absolute Gasteiger partial charge is 0.550 e. The van der Waals surface area contributed by atoms with E-state index in [1.165, 1.54) is 55.7 Å². The van der Waals surface area contributed by atoms with Crippen LogP contribution in [0, 0.1) is 0 Å². The zero-order chi connectivity index (χ0) is 31.8. The summed E-state index contributed by atoms with van der Waals surface area (Å²) in [5, 5.41) is 20.0. The van der Waals surface area contributed by atoms with Crippen molar-refractivity contribution in [3.63, 3.8) is 0 Å². The maximum absolute atomic E-state index is 12.0. The Morgan fingerprint density at radius 1 is 0.905 bits per heavy atom. The van der Waals surface area contributed by atoms with E-state index in [9.17, 15) is 32.7 Å². The lowest BCUT2D eigenvalue weighted by atomic mass is 10.1. The number of unbranched alkanes of at least 4 members (excludes halogenated alkanes) is 8. The maximum atomic E-state index is 12.0. The molecular weight excluding hydrogens is 582 g/mol. The molecule has 1 amide bonds. The summed E-state index contributed by atoms with van der Waals surface area (Å²) < 4.78 is 23.4. The van der Waals surface area contributed by atoms with Gasteiger partial charge in [0.05, 0.1) is 11.1 Å². The third-order valence-electron chi connectivity index (χ3n) is 5.57. The van der Waals surface area contributed by atoms with Crippen LogP contribution in [0.15, 0.2) is 42.0 Å². The van der Waals surface area contributed by atoms with E-state index in [1.54, 1.807) is 29.0 Å². The number of ketones is 1. The van der Waals surface area contributed by atoms with E-state index in [0.29, 0.717) is 11.3 Å². The third kappa shape index (κ3) is 22.5. The Kier molecular flexibility index (Phi) is 21.6. The van der Waals surface area contributed by atoms with Crippen LogP contribution in [0.4, 0.5) is 0 Å². The summed E-state index contributed by atoms with van der Waals surface area (Å²) in [6.07, 6.45) is 15.6. The number of rotatable bonds is 18. The highest BCUT2D eigenvalue weighted by atomic mass is 32.2. The lowest BCUT2D eigenvalue weighted by molar-refractivity contribution is -0.683. The second kappa shape index (κ2) is 23.4. The standard InChI is InChI=1S/C13H13N3O4S2.2C8H16O2/c1-22(19,20)15-14-13(18)10-4-2-6-16(8-10)9-11(17)12-5-3-7-21-12;2*1-2-3-4-5-6-7-8(9)10/h2-8,15H,9H2,1H3;2*2-7H2,1H3,(H,9,10). The van der Waals surface area contributed by atoms with Gasteiger partial charge in [0.1, 0.15) is 5.56 Å². The highest BCUT2D eigenvalue weighted by Gasteiger charge is 2.16. The number of hydrogen-bond acceptors (Lipinski definition) is 8. The van der Waals surface area contributed by atoms with Crippen molar-refractivity contribution in [2.75, 3.05) is 6.26 Å². The Morgan fingerprint density at radius 3 is 2.00 bits per heavy atom. The molecule has 0 aliphatic heterocycles. The van der Waals surface area contributed by atoms with Crippen LogP contribution < -0.4 is 19.9 Å². The molecule has 0 saturated carbocycles. The average molecular weight is 628 g/mol. The molecule has 0 fully saturated rings. The maximum Gasteiger partial charge on any atom is 0.303 e. The number of nitrogens with zero attached hydrogens (tertiary/aromatic N) is 1. The number of aromatic nitrogens is 1. The average Bonchev–Trinajstić information content (AvgIpc) is 3.47. The summed E-state index contributed by atoms with van der Waals surface area (Å²) in [7, 11) is -3.53. The minimum absolute atomic E-state index is 0.0631. The van der Waals surface area contributed by atoms with Crippen molar-refractivity contribution in [2.24, 2.45) is 0 Å². The van der Waals surface area contributed by atoms with E-state index >= 15 is 0 Å². The Bertz CT molecular complexity index is 1150. The number of Topliss-reactive ketones (excluding diaryl/α,β-unsaturated/α-hetero) is 1. The molecule has 0 aliphatic carbocycles. The van der Waals surface area contributed by atoms with Gasteiger partial charge in [-0.05, 0) is 36.8 Å². The molecule has 0 spiro atoms. The molecule has 2 rings (SSSR count). The molecule has 0 bridgehead atoms. The van der Waals surface area contributed by atoms with Gasteiger partial charge >= 0.3 is 5.97 Å². The Labute approximate surface area is 253 Å². The second-order valence-electron chi connectivity index (χ2n) is 9.59. The van der Waals surface area contributed by atoms with Crippen LogP contribution >= 0.6 is 11.3 Å². The zero-order valence-electron chi connectivity index (χ0n) is 24.8. The van der Waals surface area contributed by atoms with Crippen LogP contribution in [0.2, 0.25) is 0 Å². The number of sulfonamides is 1. The summed E-state index contributed by atoms with van der Waals surface area (Å²) in [5.41, 5.74) is 2.31. The van der Waals surface area contributed by atoms with Crippen molar-refractivity contribution in [3.8, 4) is 0 Å². The number of thiophene rings is 1. The molecule has 0 saturated heterocycles. The number of hydrogen-bond donors (Lipinski definition) is 3. The van der Waals surface area contributed by atoms with Crippen LogP contribution in [0.3, 0.4) is 0 Å². The van der Waals surface area contributed by atoms with Gasteiger partial charge in [0.15, 0.2) is 12.4 Å². The lowest BCUT2D eigenvalue weighted by Crippen LogP contribution is -2.43. The molecule has 42 heavy (non-hydrogen) atoms. The molecule has 0 aliphatic rings. The molecule has 0 atom stereocenters. The van der Waals surface area contributed by atoms with Gasteiger partial charge in [-0.1, -0.05) is 71.3 Å². The number of aliphatic carboxylic acids is 2. The van der Waals surface area contributed by atoms with Crippen LogP contribution in [0.25, 0.3) is 0 Å². The minimum atomic E-state index is -3.53. The second-order valence-corrected chi connectivity index (χ2v) is 12.3. The molecule has 3 N–H and O–H groups in total. The monoisotopic (exact) mass is 627 g/mol. The highest BCUT2D eigenvalue weighted by molar-refractivity contribution is 7.88. The minimum Gasteiger partial charge on any atom is -0.550 e. The molecule has 0 unspecified atom stereocenters. The first-order chi connectivity index (χ1) is 19.9. The normalized spacial score (nSPS) is 10.5. The Morgan fingerprint density at radius 2 is 1.50 bits per heavy atom. The summed E-state index contributed by atoms with van der Waals surface area (Å²) in [6, 6.07) is 6.66. The molecule has 2 aromatic heterocycles. The molecule has 0 radical (unpaired) electrons. The van der Waals surface area contributed by atoms with Gasteiger partial charge in [-0.25, -0.2) is 8.42 Å². The highest BCUT2D eigenvalue weighted by Crippen LogP contribution is 2.09. The smallest absolute Gasteiger partial charge is 0.303 e. The van der Waals surface area contributed by atoms with Crippen molar-refractivity contribution >= 4 is 45.0 Å². The van der Waals surface area contributed by atoms with Gasteiger partial charge < -0.3 is 15.0 Å². The molecule has 236 valence electrons. The van der Waals surface area contributed by atoms with Crippen molar-refractivity contribution < 1.29 is 42.4 Å². The molecule has 0 aromatic carbocycles. The summed E-state index contributed by atoms with van der Waals surface area (Å²) in [4.78, 5) is 46.3. The van der Waals surface area contributed by atoms with E-state index in [2.05, 4.69) is 19.3 Å². The van der Waals surface area contributed by atoms with E-state index in [4.69, 9.17) is 5.11 Å². The number of carboxylic acid groups (broad SMARTS) is 2. The van der Waals surface area contributed by atoms with Gasteiger partial charge in [-0.2, -0.15) is 4.57 Å². The van der Waals surface area contributed by atoms with Crippen molar-refractivity contribution in [1.29, 1.82) is 0 Å². The Hall–Kier alpha value is -3.16. The number of carbonyl (C=O) groups is 4. The predicted molar refractivity (Wildman–Crippen MR) is 160 cm³/mol. The number of nitrogens with one attached hydrogen (secondary N) is 2. The fourth-order valence-electron chi connectivity index (χ4n) is 3.40. The van der Waals surface area contributed by atoms with Crippen molar-refractivity contribution in [3.05, 3.63) is 52.5 Å². The quantitative estimate of drug-likeness (QED) is 0.0972. The number of amides is 1. The van der Waals surface area contributed by atoms with Crippen LogP contribution in [0.5, 0.6) is 0 Å². The van der Waals surface area contributed by atoms with Crippen molar-refractivity contribution in [1.82, 2.24) is 10.3 Å². The SMILES string of the molecule is CCCCCCCC(=O)O.CCCCCCCC(=O)[O-].CS(=O)(=O)NNC(=O)c1ccc[n+](CC(=O)c2cccs2)c1. The summed E-state index contributed by atoms with van der Waals surface area (Å²) >= 11 is 1.35. The zero-order valence-corrected chi connectivity index (χ0v) is 26.4. The predicted octanol–water partition coefficient (Wildman–Crippen LogP) is 3.64. The van der Waals surface area contributed by atoms with E-state index < -0.39 is 27.9 Å². The van der Waals surface area contributed by atoms with Gasteiger partial charge in [0.2, 0.25) is 22.4 Å². The number of pyridine rings is 1. The van der Waals surface area contributed by atoms with E-state index in [1.807, 2.05) is 10.2 Å². The van der Waals surface area contributed by atoms with E-state index in [-0.39, 0.29) is 24.3 Å². The first kappa shape index (κ1) is 38.8. The van der Waals surface area contributed by atoms with Crippen LogP contribution in [-0.2, 0) is 26.2 Å². The fourth-order valence-corrected chi connectivity index (χ4v) is 4.33. The first-order valence-electron chi connectivity index (χ1n) is 14.1. The van der Waals surface area contributed by atoms with Gasteiger partial charge in [-0.3, -0.25) is 19.8 Å². The number of carboxylic acids is 2. The summed E-state index contributed by atoms with van der Waals surface area (Å²) in [5.74, 6) is -2.26. The third-order valence-corrected chi connectivity index (χ3v) is 6.95. The molecule has 2 heterocycles. The topological polar surface area (TPSA) is 174 Å². The lowest BCUT2D eigenvalue weighted by Gasteiger charge is -2.04. The number of carbonyl (C=O) groups excluding carboxylic acids is 3. The number of hydrazine groups is 1. The molecule has 2 aromatic rings. The van der Waals surface area contributed by atoms with Gasteiger partial charge in [-0.15, -0.1) is 16.2 Å². The van der Waals surface area contributed by atoms with Crippen molar-refractivity contribution in [2.45, 2.75) is 97.4 Å². The van der Waals surface area contributed by atoms with Gasteiger partial charge in [0, 0.05) is 18.5 Å². The summed E-state index contributed by atoms with van der Waals surface area (Å²) in [6.45, 7) is 4.39. The Balaban J connectivity index is 0.000000702. The first-order valence-corrected chi connectivity index (χ1v) is 16.9. The molecule has 13 heteroatoms. The molecule has 11 nitrogen and oxygen atoms in total. The fraction of sp³-hybridized carbons (Fsp3) is 0.552. The van der Waals surface area contributed by atoms with Gasteiger partial charge in [0.25, 0.3) is 5.91 Å². The van der Waals surface area contributed by atoms with Crippen LogP contribution in [-0.4, -0.2) is 43.4 Å². The van der Waals surface area contributed by atoms with E-state index in [0.717, 1.165) is 38.4 Å². The van der Waals surface area contributed by atoms with Crippen LogP contribution in [0.1, 0.15) is 111 Å².